The fraction of sp³-hybridized carbons (Fsp3) is 0.500. The molecule has 1 aliphatic rings. The second-order valence-electron chi connectivity index (χ2n) is 5.24. The molecular formula is C16H22N2O4. The van der Waals surface area contributed by atoms with Crippen molar-refractivity contribution in [2.45, 2.75) is 13.3 Å². The molecule has 0 aromatic heterocycles. The van der Waals surface area contributed by atoms with Crippen molar-refractivity contribution in [1.29, 1.82) is 0 Å². The zero-order chi connectivity index (χ0) is 16.1. The highest BCUT2D eigenvalue weighted by molar-refractivity contribution is 5.80. The largest absolute Gasteiger partial charge is 0.497 e. The standard InChI is InChI=1S/C16H22N2O4/c1-12(19)17-6-8-18(9-7-17)16(20)11-13-10-14(21-2)4-5-15(13)22-3/h4-5,10H,6-9,11H2,1-3H3. The summed E-state index contributed by atoms with van der Waals surface area (Å²) in [4.78, 5) is 27.3. The van der Waals surface area contributed by atoms with Crippen molar-refractivity contribution in [2.75, 3.05) is 40.4 Å². The predicted octanol–water partition coefficient (Wildman–Crippen LogP) is 0.937. The lowest BCUT2D eigenvalue weighted by Crippen LogP contribution is -2.50. The van der Waals surface area contributed by atoms with E-state index in [1.807, 2.05) is 6.07 Å². The van der Waals surface area contributed by atoms with Crippen LogP contribution in [0.3, 0.4) is 0 Å². The van der Waals surface area contributed by atoms with Crippen molar-refractivity contribution in [3.8, 4) is 11.5 Å². The lowest BCUT2D eigenvalue weighted by molar-refractivity contribution is -0.138. The average molecular weight is 306 g/mol. The molecule has 1 aromatic carbocycles. The monoisotopic (exact) mass is 306 g/mol. The van der Waals surface area contributed by atoms with E-state index in [0.717, 1.165) is 5.56 Å². The molecule has 1 saturated heterocycles. The van der Waals surface area contributed by atoms with Crippen LogP contribution in [0.25, 0.3) is 0 Å². The summed E-state index contributed by atoms with van der Waals surface area (Å²) < 4.78 is 10.5. The first-order valence-corrected chi connectivity index (χ1v) is 7.29. The van der Waals surface area contributed by atoms with Crippen molar-refractivity contribution < 1.29 is 19.1 Å². The third-order valence-electron chi connectivity index (χ3n) is 3.91. The van der Waals surface area contributed by atoms with Gasteiger partial charge in [-0.15, -0.1) is 0 Å². The number of carbonyl (C=O) groups excluding carboxylic acids is 2. The van der Waals surface area contributed by atoms with Crippen LogP contribution in [-0.2, 0) is 16.0 Å². The molecule has 0 atom stereocenters. The molecule has 0 unspecified atom stereocenters. The third kappa shape index (κ3) is 3.69. The van der Waals surface area contributed by atoms with Gasteiger partial charge in [0.2, 0.25) is 11.8 Å². The molecule has 1 fully saturated rings. The fourth-order valence-corrected chi connectivity index (χ4v) is 2.57. The number of hydrogen-bond donors (Lipinski definition) is 0. The Morgan fingerprint density at radius 3 is 2.23 bits per heavy atom. The van der Waals surface area contributed by atoms with Gasteiger partial charge in [-0.1, -0.05) is 0 Å². The summed E-state index contributed by atoms with van der Waals surface area (Å²) in [6.07, 6.45) is 0.264. The molecule has 0 N–H and O–H groups in total. The first kappa shape index (κ1) is 16.1. The van der Waals surface area contributed by atoms with Crippen LogP contribution in [0.1, 0.15) is 12.5 Å². The number of amides is 2. The van der Waals surface area contributed by atoms with Gasteiger partial charge in [-0.25, -0.2) is 0 Å². The smallest absolute Gasteiger partial charge is 0.227 e. The SMILES string of the molecule is COc1ccc(OC)c(CC(=O)N2CCN(C(C)=O)CC2)c1. The van der Waals surface area contributed by atoms with E-state index in [1.54, 1.807) is 43.1 Å². The van der Waals surface area contributed by atoms with Crippen molar-refractivity contribution in [3.05, 3.63) is 23.8 Å². The van der Waals surface area contributed by atoms with E-state index in [2.05, 4.69) is 0 Å². The van der Waals surface area contributed by atoms with Crippen molar-refractivity contribution in [3.63, 3.8) is 0 Å². The molecule has 0 radical (unpaired) electrons. The van der Waals surface area contributed by atoms with Crippen LogP contribution in [0, 0.1) is 0 Å². The van der Waals surface area contributed by atoms with Crippen LogP contribution in [-0.4, -0.2) is 62.0 Å². The Hall–Kier alpha value is -2.24. The molecule has 120 valence electrons. The van der Waals surface area contributed by atoms with E-state index in [4.69, 9.17) is 9.47 Å². The molecule has 0 aliphatic carbocycles. The maximum absolute atomic E-state index is 12.4. The van der Waals surface area contributed by atoms with Gasteiger partial charge in [0.1, 0.15) is 11.5 Å². The predicted molar refractivity (Wildman–Crippen MR) is 82.1 cm³/mol. The van der Waals surface area contributed by atoms with Gasteiger partial charge in [0.25, 0.3) is 0 Å². The van der Waals surface area contributed by atoms with Gasteiger partial charge in [0.15, 0.2) is 0 Å². The zero-order valence-electron chi connectivity index (χ0n) is 13.3. The highest BCUT2D eigenvalue weighted by atomic mass is 16.5. The number of carbonyl (C=O) groups is 2. The molecule has 2 amide bonds. The van der Waals surface area contributed by atoms with E-state index in [9.17, 15) is 9.59 Å². The first-order valence-electron chi connectivity index (χ1n) is 7.29. The number of rotatable bonds is 4. The van der Waals surface area contributed by atoms with Crippen LogP contribution in [0.2, 0.25) is 0 Å². The van der Waals surface area contributed by atoms with Crippen LogP contribution < -0.4 is 9.47 Å². The van der Waals surface area contributed by atoms with E-state index in [0.29, 0.717) is 37.7 Å². The number of piperazine rings is 1. The minimum Gasteiger partial charge on any atom is -0.497 e. The number of nitrogens with zero attached hydrogens (tertiary/aromatic N) is 2. The lowest BCUT2D eigenvalue weighted by atomic mass is 10.1. The second kappa shape index (κ2) is 7.15. The summed E-state index contributed by atoms with van der Waals surface area (Å²) in [6.45, 7) is 3.89. The first-order chi connectivity index (χ1) is 10.5. The maximum atomic E-state index is 12.4. The summed E-state index contributed by atoms with van der Waals surface area (Å²) in [5.41, 5.74) is 0.806. The summed E-state index contributed by atoms with van der Waals surface area (Å²) in [5, 5.41) is 0. The molecule has 1 aliphatic heterocycles. The van der Waals surface area contributed by atoms with Crippen LogP contribution in [0.5, 0.6) is 11.5 Å². The van der Waals surface area contributed by atoms with E-state index < -0.39 is 0 Å². The van der Waals surface area contributed by atoms with Gasteiger partial charge < -0.3 is 19.3 Å². The van der Waals surface area contributed by atoms with Gasteiger partial charge in [0.05, 0.1) is 20.6 Å². The molecule has 0 bridgehead atoms. The van der Waals surface area contributed by atoms with E-state index >= 15 is 0 Å². The summed E-state index contributed by atoms with van der Waals surface area (Å²) in [5.74, 6) is 1.47. The van der Waals surface area contributed by atoms with Crippen LogP contribution in [0.4, 0.5) is 0 Å². The summed E-state index contributed by atoms with van der Waals surface area (Å²) >= 11 is 0. The van der Waals surface area contributed by atoms with Crippen molar-refractivity contribution in [2.24, 2.45) is 0 Å². The molecule has 0 saturated carbocycles. The Labute approximate surface area is 130 Å². The van der Waals surface area contributed by atoms with Gasteiger partial charge in [-0.05, 0) is 18.2 Å². The quantitative estimate of drug-likeness (QED) is 0.830. The van der Waals surface area contributed by atoms with Crippen LogP contribution in [0.15, 0.2) is 18.2 Å². The Bertz CT molecular complexity index is 551. The van der Waals surface area contributed by atoms with Crippen molar-refractivity contribution >= 4 is 11.8 Å². The molecule has 0 spiro atoms. The Balaban J connectivity index is 2.02. The molecular weight excluding hydrogens is 284 g/mol. The number of ether oxygens (including phenoxy) is 2. The number of hydrogen-bond acceptors (Lipinski definition) is 4. The molecule has 1 aromatic rings. The Morgan fingerprint density at radius 2 is 1.68 bits per heavy atom. The highest BCUT2D eigenvalue weighted by Crippen LogP contribution is 2.25. The Morgan fingerprint density at radius 1 is 1.05 bits per heavy atom. The second-order valence-corrected chi connectivity index (χ2v) is 5.24. The maximum Gasteiger partial charge on any atom is 0.227 e. The molecule has 1 heterocycles. The molecule has 6 nitrogen and oxygen atoms in total. The molecule has 2 rings (SSSR count). The summed E-state index contributed by atoms with van der Waals surface area (Å²) in [7, 11) is 3.18. The van der Waals surface area contributed by atoms with Gasteiger partial charge in [-0.3, -0.25) is 9.59 Å². The minimum absolute atomic E-state index is 0.0368. The fourth-order valence-electron chi connectivity index (χ4n) is 2.57. The average Bonchev–Trinajstić information content (AvgIpc) is 2.54. The van der Waals surface area contributed by atoms with Gasteiger partial charge >= 0.3 is 0 Å². The molecule has 6 heteroatoms. The Kier molecular flexibility index (Phi) is 5.25. The topological polar surface area (TPSA) is 59.1 Å². The van der Waals surface area contributed by atoms with Crippen molar-refractivity contribution in [1.82, 2.24) is 9.80 Å². The third-order valence-corrected chi connectivity index (χ3v) is 3.91. The molecule has 22 heavy (non-hydrogen) atoms. The van der Waals surface area contributed by atoms with E-state index in [1.165, 1.54) is 0 Å². The normalized spacial score (nSPS) is 14.7. The minimum atomic E-state index is 0.0368. The number of methoxy groups -OCH3 is 2. The summed E-state index contributed by atoms with van der Waals surface area (Å²) in [6, 6.07) is 5.43. The zero-order valence-corrected chi connectivity index (χ0v) is 13.3. The highest BCUT2D eigenvalue weighted by Gasteiger charge is 2.23. The van der Waals surface area contributed by atoms with E-state index in [-0.39, 0.29) is 18.2 Å². The van der Waals surface area contributed by atoms with Gasteiger partial charge in [-0.2, -0.15) is 0 Å². The lowest BCUT2D eigenvalue weighted by Gasteiger charge is -2.34. The van der Waals surface area contributed by atoms with Gasteiger partial charge in [0, 0.05) is 38.7 Å². The van der Waals surface area contributed by atoms with Crippen LogP contribution >= 0.6 is 0 Å². The number of benzene rings is 1.